The third kappa shape index (κ3) is 7.19. The SMILES string of the molecule is CCNC(=NCc1ccc(C)cc1OC)NCCc1ccc(C)nc1.I. The molecule has 0 spiro atoms. The average Bonchev–Trinajstić information content (AvgIpc) is 2.62. The Kier molecular flexibility index (Phi) is 10.0. The van der Waals surface area contributed by atoms with Crippen LogP contribution in [0.25, 0.3) is 0 Å². The van der Waals surface area contributed by atoms with E-state index in [0.29, 0.717) is 6.54 Å². The van der Waals surface area contributed by atoms with Crippen LogP contribution in [-0.2, 0) is 13.0 Å². The first-order chi connectivity index (χ1) is 12.1. The number of guanidine groups is 1. The van der Waals surface area contributed by atoms with E-state index in [2.05, 4.69) is 52.7 Å². The number of methoxy groups -OCH3 is 1. The fourth-order valence-electron chi connectivity index (χ4n) is 2.46. The molecular formula is C20H29IN4O. The van der Waals surface area contributed by atoms with E-state index >= 15 is 0 Å². The van der Waals surface area contributed by atoms with Gasteiger partial charge in [0, 0.05) is 30.5 Å². The van der Waals surface area contributed by atoms with Gasteiger partial charge >= 0.3 is 0 Å². The van der Waals surface area contributed by atoms with Gasteiger partial charge in [0.05, 0.1) is 13.7 Å². The highest BCUT2D eigenvalue weighted by molar-refractivity contribution is 14.0. The van der Waals surface area contributed by atoms with Crippen LogP contribution in [0.3, 0.4) is 0 Å². The second-order valence-corrected chi connectivity index (χ2v) is 6.00. The molecule has 1 aromatic carbocycles. The molecule has 1 heterocycles. The summed E-state index contributed by atoms with van der Waals surface area (Å²) in [6.07, 6.45) is 2.84. The summed E-state index contributed by atoms with van der Waals surface area (Å²) >= 11 is 0. The minimum Gasteiger partial charge on any atom is -0.496 e. The summed E-state index contributed by atoms with van der Waals surface area (Å²) in [4.78, 5) is 8.99. The zero-order valence-corrected chi connectivity index (χ0v) is 18.3. The Labute approximate surface area is 173 Å². The third-order valence-corrected chi connectivity index (χ3v) is 3.87. The third-order valence-electron chi connectivity index (χ3n) is 3.87. The average molecular weight is 468 g/mol. The number of halogens is 1. The molecule has 5 nitrogen and oxygen atoms in total. The highest BCUT2D eigenvalue weighted by atomic mass is 127. The number of hydrogen-bond donors (Lipinski definition) is 2. The Morgan fingerprint density at radius 3 is 2.62 bits per heavy atom. The van der Waals surface area contributed by atoms with Crippen molar-refractivity contribution in [3.8, 4) is 5.75 Å². The Morgan fingerprint density at radius 2 is 1.96 bits per heavy atom. The van der Waals surface area contributed by atoms with Crippen molar-refractivity contribution in [1.82, 2.24) is 15.6 Å². The summed E-state index contributed by atoms with van der Waals surface area (Å²) in [5.74, 6) is 1.69. The van der Waals surface area contributed by atoms with Gasteiger partial charge in [-0.15, -0.1) is 24.0 Å². The van der Waals surface area contributed by atoms with Crippen LogP contribution in [0.2, 0.25) is 0 Å². The van der Waals surface area contributed by atoms with Crippen molar-refractivity contribution in [2.75, 3.05) is 20.2 Å². The van der Waals surface area contributed by atoms with Crippen molar-refractivity contribution in [2.45, 2.75) is 33.7 Å². The molecule has 0 radical (unpaired) electrons. The number of aliphatic imine (C=N–C) groups is 1. The van der Waals surface area contributed by atoms with Crippen LogP contribution in [0, 0.1) is 13.8 Å². The van der Waals surface area contributed by atoms with E-state index in [9.17, 15) is 0 Å². The van der Waals surface area contributed by atoms with E-state index in [1.54, 1.807) is 7.11 Å². The topological polar surface area (TPSA) is 58.5 Å². The number of aromatic nitrogens is 1. The Hall–Kier alpha value is -1.83. The van der Waals surface area contributed by atoms with E-state index < -0.39 is 0 Å². The molecule has 0 saturated carbocycles. The van der Waals surface area contributed by atoms with Crippen LogP contribution in [-0.4, -0.2) is 31.1 Å². The molecule has 0 fully saturated rings. The standard InChI is InChI=1S/C20H28N4O.HI/c1-5-21-20(22-11-10-17-8-7-16(3)23-13-17)24-14-18-9-6-15(2)12-19(18)25-4;/h6-9,12-13H,5,10-11,14H2,1-4H3,(H2,21,22,24);1H. The maximum Gasteiger partial charge on any atom is 0.191 e. The van der Waals surface area contributed by atoms with Gasteiger partial charge in [0.2, 0.25) is 0 Å². The molecule has 0 atom stereocenters. The molecule has 2 rings (SSSR count). The van der Waals surface area contributed by atoms with Crippen LogP contribution in [0.5, 0.6) is 5.75 Å². The smallest absolute Gasteiger partial charge is 0.191 e. The lowest BCUT2D eigenvalue weighted by Crippen LogP contribution is -2.38. The maximum absolute atomic E-state index is 5.45. The zero-order chi connectivity index (χ0) is 18.1. The van der Waals surface area contributed by atoms with E-state index in [1.165, 1.54) is 11.1 Å². The summed E-state index contributed by atoms with van der Waals surface area (Å²) in [7, 11) is 1.70. The second kappa shape index (κ2) is 11.7. The van der Waals surface area contributed by atoms with E-state index in [0.717, 1.165) is 42.5 Å². The quantitative estimate of drug-likeness (QED) is 0.370. The Balaban J connectivity index is 0.00000338. The predicted octanol–water partition coefficient (Wildman–Crippen LogP) is 3.62. The van der Waals surface area contributed by atoms with Crippen molar-refractivity contribution < 1.29 is 4.74 Å². The fourth-order valence-corrected chi connectivity index (χ4v) is 2.46. The lowest BCUT2D eigenvalue weighted by Gasteiger charge is -2.12. The fraction of sp³-hybridized carbons (Fsp3) is 0.400. The van der Waals surface area contributed by atoms with Crippen molar-refractivity contribution in [3.05, 3.63) is 58.9 Å². The number of aryl methyl sites for hydroxylation is 2. The van der Waals surface area contributed by atoms with Gasteiger partial charge in [-0.25, -0.2) is 4.99 Å². The molecule has 2 aromatic rings. The van der Waals surface area contributed by atoms with Crippen LogP contribution < -0.4 is 15.4 Å². The minimum absolute atomic E-state index is 0. The number of nitrogens with one attached hydrogen (secondary N) is 2. The highest BCUT2D eigenvalue weighted by Gasteiger charge is 2.04. The van der Waals surface area contributed by atoms with Crippen LogP contribution >= 0.6 is 24.0 Å². The molecule has 0 aliphatic carbocycles. The van der Waals surface area contributed by atoms with Crippen molar-refractivity contribution in [2.24, 2.45) is 4.99 Å². The highest BCUT2D eigenvalue weighted by Crippen LogP contribution is 2.20. The van der Waals surface area contributed by atoms with Gasteiger partial charge in [-0.2, -0.15) is 0 Å². The lowest BCUT2D eigenvalue weighted by atomic mass is 10.1. The van der Waals surface area contributed by atoms with Gasteiger partial charge in [-0.3, -0.25) is 4.98 Å². The first-order valence-electron chi connectivity index (χ1n) is 8.69. The molecule has 0 bridgehead atoms. The number of benzene rings is 1. The number of nitrogens with zero attached hydrogens (tertiary/aromatic N) is 2. The molecule has 142 valence electrons. The van der Waals surface area contributed by atoms with E-state index in [4.69, 9.17) is 4.74 Å². The van der Waals surface area contributed by atoms with Gasteiger partial charge in [-0.05, 0) is 50.5 Å². The molecule has 0 aliphatic heterocycles. The first-order valence-corrected chi connectivity index (χ1v) is 8.69. The van der Waals surface area contributed by atoms with Crippen LogP contribution in [0.4, 0.5) is 0 Å². The van der Waals surface area contributed by atoms with Crippen LogP contribution in [0.15, 0.2) is 41.5 Å². The summed E-state index contributed by atoms with van der Waals surface area (Å²) in [5.41, 5.74) is 4.52. The second-order valence-electron chi connectivity index (χ2n) is 6.00. The monoisotopic (exact) mass is 468 g/mol. The van der Waals surface area contributed by atoms with Crippen LogP contribution in [0.1, 0.15) is 29.3 Å². The van der Waals surface area contributed by atoms with Gasteiger partial charge < -0.3 is 15.4 Å². The van der Waals surface area contributed by atoms with Gasteiger partial charge in [0.25, 0.3) is 0 Å². The molecule has 0 saturated heterocycles. The van der Waals surface area contributed by atoms with Gasteiger partial charge in [0.15, 0.2) is 5.96 Å². The van der Waals surface area contributed by atoms with E-state index in [-0.39, 0.29) is 24.0 Å². The largest absolute Gasteiger partial charge is 0.496 e. The molecular weight excluding hydrogens is 439 g/mol. The number of rotatable bonds is 7. The van der Waals surface area contributed by atoms with Crippen molar-refractivity contribution in [1.29, 1.82) is 0 Å². The van der Waals surface area contributed by atoms with Crippen molar-refractivity contribution >= 4 is 29.9 Å². The number of pyridine rings is 1. The predicted molar refractivity (Wildman–Crippen MR) is 119 cm³/mol. The summed E-state index contributed by atoms with van der Waals surface area (Å²) < 4.78 is 5.45. The normalized spacial score (nSPS) is 10.8. The number of hydrogen-bond acceptors (Lipinski definition) is 3. The van der Waals surface area contributed by atoms with E-state index in [1.807, 2.05) is 25.3 Å². The molecule has 26 heavy (non-hydrogen) atoms. The Bertz CT molecular complexity index is 701. The van der Waals surface area contributed by atoms with Gasteiger partial charge in [-0.1, -0.05) is 18.2 Å². The van der Waals surface area contributed by atoms with Crippen molar-refractivity contribution in [3.63, 3.8) is 0 Å². The zero-order valence-electron chi connectivity index (χ0n) is 16.0. The lowest BCUT2D eigenvalue weighted by molar-refractivity contribution is 0.409. The summed E-state index contributed by atoms with van der Waals surface area (Å²) in [6.45, 7) is 8.32. The molecule has 2 N–H and O–H groups in total. The molecule has 0 unspecified atom stereocenters. The minimum atomic E-state index is 0. The Morgan fingerprint density at radius 1 is 1.15 bits per heavy atom. The van der Waals surface area contributed by atoms with Gasteiger partial charge in [0.1, 0.15) is 5.75 Å². The number of ether oxygens (including phenoxy) is 1. The molecule has 6 heteroatoms. The maximum atomic E-state index is 5.45. The summed E-state index contributed by atoms with van der Waals surface area (Å²) in [6, 6.07) is 10.3. The first kappa shape index (κ1) is 22.2. The molecule has 0 amide bonds. The molecule has 0 aliphatic rings. The molecule has 1 aromatic heterocycles. The summed E-state index contributed by atoms with van der Waals surface area (Å²) in [5, 5.41) is 6.65.